The van der Waals surface area contributed by atoms with Crippen molar-refractivity contribution < 1.29 is 19.4 Å². The summed E-state index contributed by atoms with van der Waals surface area (Å²) in [6, 6.07) is 9.99. The molecule has 114 valence electrons. The highest BCUT2D eigenvalue weighted by atomic mass is 16.5. The van der Waals surface area contributed by atoms with Crippen molar-refractivity contribution in [2.24, 2.45) is 0 Å². The van der Waals surface area contributed by atoms with E-state index in [-0.39, 0.29) is 24.7 Å². The summed E-state index contributed by atoms with van der Waals surface area (Å²) in [5.74, 6) is -0.831. The molecule has 1 aliphatic heterocycles. The first-order chi connectivity index (χ1) is 10.2. The molecule has 0 bridgehead atoms. The molecule has 1 aliphatic rings. The zero-order valence-electron chi connectivity index (χ0n) is 12.3. The average molecular weight is 290 g/mol. The highest BCUT2D eigenvalue weighted by Crippen LogP contribution is 2.25. The van der Waals surface area contributed by atoms with Gasteiger partial charge in [-0.25, -0.2) is 0 Å². The first kappa shape index (κ1) is 15.7. The average Bonchev–Trinajstić information content (AvgIpc) is 2.46. The van der Waals surface area contributed by atoms with Gasteiger partial charge in [0.05, 0.1) is 31.3 Å². The monoisotopic (exact) mass is 290 g/mol. The van der Waals surface area contributed by atoms with Crippen molar-refractivity contribution in [3.8, 4) is 0 Å². The molecule has 0 unspecified atom stereocenters. The number of carboxylic acids is 1. The van der Waals surface area contributed by atoms with Crippen LogP contribution in [0.1, 0.15) is 31.7 Å². The molecule has 21 heavy (non-hydrogen) atoms. The third kappa shape index (κ3) is 5.33. The highest BCUT2D eigenvalue weighted by molar-refractivity contribution is 5.67. The fourth-order valence-corrected chi connectivity index (χ4v) is 2.60. The predicted molar refractivity (Wildman–Crippen MR) is 80.0 cm³/mol. The lowest BCUT2D eigenvalue weighted by atomic mass is 9.98. The molecule has 4 nitrogen and oxygen atoms in total. The van der Waals surface area contributed by atoms with E-state index in [0.717, 1.165) is 12.0 Å². The van der Waals surface area contributed by atoms with Crippen molar-refractivity contribution in [1.29, 1.82) is 0 Å². The van der Waals surface area contributed by atoms with Crippen LogP contribution in [-0.4, -0.2) is 29.4 Å². The molecule has 1 aromatic rings. The lowest BCUT2D eigenvalue weighted by Gasteiger charge is -2.33. The molecule has 0 amide bonds. The number of rotatable bonds is 6. The number of ether oxygens (including phenoxy) is 2. The summed E-state index contributed by atoms with van der Waals surface area (Å²) in [5.41, 5.74) is 1.13. The van der Waals surface area contributed by atoms with Gasteiger partial charge < -0.3 is 14.6 Å². The van der Waals surface area contributed by atoms with E-state index in [0.29, 0.717) is 13.0 Å². The first-order valence-corrected chi connectivity index (χ1v) is 7.33. The van der Waals surface area contributed by atoms with Crippen molar-refractivity contribution in [3.05, 3.63) is 48.0 Å². The van der Waals surface area contributed by atoms with Crippen LogP contribution >= 0.6 is 0 Å². The molecule has 1 fully saturated rings. The molecule has 0 spiro atoms. The summed E-state index contributed by atoms with van der Waals surface area (Å²) in [5, 5.41) is 8.94. The molecular weight excluding hydrogens is 268 g/mol. The van der Waals surface area contributed by atoms with E-state index < -0.39 is 5.97 Å². The minimum absolute atomic E-state index is 0.0270. The van der Waals surface area contributed by atoms with Gasteiger partial charge in [-0.05, 0) is 12.5 Å². The van der Waals surface area contributed by atoms with E-state index >= 15 is 0 Å². The molecule has 1 N–H and O–H groups in total. The van der Waals surface area contributed by atoms with E-state index in [4.69, 9.17) is 14.6 Å². The van der Waals surface area contributed by atoms with Crippen LogP contribution in [0.25, 0.3) is 0 Å². The summed E-state index contributed by atoms with van der Waals surface area (Å²) in [7, 11) is 0. The number of carbonyl (C=O) groups is 1. The summed E-state index contributed by atoms with van der Waals surface area (Å²) >= 11 is 0. The minimum Gasteiger partial charge on any atom is -0.481 e. The van der Waals surface area contributed by atoms with Gasteiger partial charge in [0.25, 0.3) is 0 Å². The number of benzene rings is 1. The van der Waals surface area contributed by atoms with E-state index in [1.54, 1.807) is 0 Å². The second kappa shape index (κ2) is 7.96. The van der Waals surface area contributed by atoms with Crippen molar-refractivity contribution in [3.63, 3.8) is 0 Å². The summed E-state index contributed by atoms with van der Waals surface area (Å²) in [4.78, 5) is 10.9. The molecular formula is C17H22O4. The lowest BCUT2D eigenvalue weighted by molar-refractivity contribution is -0.147. The van der Waals surface area contributed by atoms with Gasteiger partial charge >= 0.3 is 5.97 Å². The van der Waals surface area contributed by atoms with Gasteiger partial charge in [-0.3, -0.25) is 4.79 Å². The Labute approximate surface area is 125 Å². The molecule has 0 saturated carbocycles. The SMILES string of the molecule is C/C=C/[C@@H]1C[C@H](OCc2ccccc2)C[C@H](CC(=O)O)O1. The third-order valence-corrected chi connectivity index (χ3v) is 3.53. The second-order valence-electron chi connectivity index (χ2n) is 5.31. The Morgan fingerprint density at radius 3 is 2.81 bits per heavy atom. The Morgan fingerprint density at radius 2 is 2.14 bits per heavy atom. The van der Waals surface area contributed by atoms with Gasteiger partial charge in [-0.2, -0.15) is 0 Å². The Balaban J connectivity index is 1.92. The normalized spacial score (nSPS) is 26.0. The standard InChI is InChI=1S/C17H22O4/c1-2-6-14-9-15(10-16(21-14)11-17(18)19)20-12-13-7-4-3-5-8-13/h2-8,14-16H,9-12H2,1H3,(H,18,19)/b6-2+/t14-,15+,16-/m1/s1. The molecule has 1 heterocycles. The van der Waals surface area contributed by atoms with Crippen LogP contribution in [0.3, 0.4) is 0 Å². The number of allylic oxidation sites excluding steroid dienone is 1. The van der Waals surface area contributed by atoms with Crippen LogP contribution in [0.15, 0.2) is 42.5 Å². The summed E-state index contributed by atoms with van der Waals surface area (Å²) in [6.07, 6.45) is 5.02. The Kier molecular flexibility index (Phi) is 5.96. The number of carboxylic acid groups (broad SMARTS) is 1. The highest BCUT2D eigenvalue weighted by Gasteiger charge is 2.30. The van der Waals surface area contributed by atoms with Crippen LogP contribution in [0.4, 0.5) is 0 Å². The molecule has 2 rings (SSSR count). The van der Waals surface area contributed by atoms with Crippen LogP contribution in [0.5, 0.6) is 0 Å². The lowest BCUT2D eigenvalue weighted by Crippen LogP contribution is -2.37. The molecule has 0 radical (unpaired) electrons. The molecule has 1 saturated heterocycles. The zero-order valence-corrected chi connectivity index (χ0v) is 12.3. The number of aliphatic carboxylic acids is 1. The molecule has 4 heteroatoms. The van der Waals surface area contributed by atoms with E-state index in [9.17, 15) is 4.79 Å². The fourth-order valence-electron chi connectivity index (χ4n) is 2.60. The van der Waals surface area contributed by atoms with E-state index in [2.05, 4.69) is 0 Å². The topological polar surface area (TPSA) is 55.8 Å². The minimum atomic E-state index is -0.831. The Hall–Kier alpha value is -1.65. The number of hydrogen-bond acceptors (Lipinski definition) is 3. The van der Waals surface area contributed by atoms with Gasteiger partial charge in [-0.1, -0.05) is 42.5 Å². The third-order valence-electron chi connectivity index (χ3n) is 3.53. The molecule has 0 aromatic heterocycles. The van der Waals surface area contributed by atoms with Crippen molar-refractivity contribution in [2.75, 3.05) is 0 Å². The van der Waals surface area contributed by atoms with Gasteiger partial charge in [-0.15, -0.1) is 0 Å². The molecule has 3 atom stereocenters. The van der Waals surface area contributed by atoms with Crippen molar-refractivity contribution in [2.45, 2.75) is 51.1 Å². The van der Waals surface area contributed by atoms with E-state index in [1.165, 1.54) is 0 Å². The van der Waals surface area contributed by atoms with Gasteiger partial charge in [0, 0.05) is 12.8 Å². The van der Waals surface area contributed by atoms with Gasteiger partial charge in [0.1, 0.15) is 0 Å². The maximum Gasteiger partial charge on any atom is 0.305 e. The van der Waals surface area contributed by atoms with Gasteiger partial charge in [0.15, 0.2) is 0 Å². The maximum absolute atomic E-state index is 10.9. The molecule has 0 aliphatic carbocycles. The summed E-state index contributed by atoms with van der Waals surface area (Å²) < 4.78 is 11.7. The van der Waals surface area contributed by atoms with Crippen LogP contribution in [0.2, 0.25) is 0 Å². The van der Waals surface area contributed by atoms with Crippen molar-refractivity contribution in [1.82, 2.24) is 0 Å². The van der Waals surface area contributed by atoms with Crippen molar-refractivity contribution >= 4 is 5.97 Å². The quantitative estimate of drug-likeness (QED) is 0.818. The Bertz CT molecular complexity index is 469. The predicted octanol–water partition coefficient (Wildman–Crippen LogP) is 3.17. The van der Waals surface area contributed by atoms with Crippen LogP contribution < -0.4 is 0 Å². The first-order valence-electron chi connectivity index (χ1n) is 7.33. The maximum atomic E-state index is 10.9. The summed E-state index contributed by atoms with van der Waals surface area (Å²) in [6.45, 7) is 2.48. The molecule has 1 aromatic carbocycles. The largest absolute Gasteiger partial charge is 0.481 e. The van der Waals surface area contributed by atoms with Crippen LogP contribution in [0, 0.1) is 0 Å². The van der Waals surface area contributed by atoms with Gasteiger partial charge in [0.2, 0.25) is 0 Å². The smallest absolute Gasteiger partial charge is 0.305 e. The Morgan fingerprint density at radius 1 is 1.38 bits per heavy atom. The van der Waals surface area contributed by atoms with Crippen LogP contribution in [-0.2, 0) is 20.9 Å². The second-order valence-corrected chi connectivity index (χ2v) is 5.31. The zero-order chi connectivity index (χ0) is 15.1. The fraction of sp³-hybridized carbons (Fsp3) is 0.471. The van der Waals surface area contributed by atoms with E-state index in [1.807, 2.05) is 49.4 Å². The number of hydrogen-bond donors (Lipinski definition) is 1.